The summed E-state index contributed by atoms with van der Waals surface area (Å²) < 4.78 is 1.82. The fraction of sp³-hybridized carbons (Fsp3) is 0.444. The van der Waals surface area contributed by atoms with Crippen LogP contribution in [0.1, 0.15) is 24.1 Å². The molecule has 2 heterocycles. The molecule has 6 nitrogen and oxygen atoms in total. The van der Waals surface area contributed by atoms with E-state index in [0.717, 1.165) is 24.1 Å². The molecule has 0 radical (unpaired) electrons. The number of benzene rings is 1. The van der Waals surface area contributed by atoms with Crippen molar-refractivity contribution in [3.8, 4) is 0 Å². The predicted octanol–water partition coefficient (Wildman–Crippen LogP) is 2.48. The summed E-state index contributed by atoms with van der Waals surface area (Å²) in [5, 5.41) is 16.7. The molecule has 0 saturated carbocycles. The Morgan fingerprint density at radius 2 is 2.00 bits per heavy atom. The minimum absolute atomic E-state index is 0.0967. The third-order valence-corrected chi connectivity index (χ3v) is 4.47. The Bertz CT molecular complexity index is 676. The lowest BCUT2D eigenvalue weighted by atomic mass is 9.98. The van der Waals surface area contributed by atoms with Gasteiger partial charge < -0.3 is 10.0 Å². The van der Waals surface area contributed by atoms with Crippen LogP contribution in [0.4, 0.5) is 10.6 Å². The van der Waals surface area contributed by atoms with Gasteiger partial charge in [-0.05, 0) is 31.2 Å². The smallest absolute Gasteiger partial charge is 0.322 e. The van der Waals surface area contributed by atoms with Crippen molar-refractivity contribution >= 4 is 11.8 Å². The number of amides is 2. The fourth-order valence-electron chi connectivity index (χ4n) is 3.03. The second-order valence-electron chi connectivity index (χ2n) is 6.36. The molecular weight excluding hydrogens is 304 g/mol. The highest BCUT2D eigenvalue weighted by Crippen LogP contribution is 2.18. The van der Waals surface area contributed by atoms with Gasteiger partial charge in [0.1, 0.15) is 5.82 Å². The maximum absolute atomic E-state index is 12.5. The third kappa shape index (κ3) is 3.94. The topological polar surface area (TPSA) is 70.4 Å². The van der Waals surface area contributed by atoms with Crippen molar-refractivity contribution in [2.75, 3.05) is 25.0 Å². The van der Waals surface area contributed by atoms with E-state index < -0.39 is 0 Å². The van der Waals surface area contributed by atoms with E-state index in [0.29, 0.717) is 31.4 Å². The molecule has 1 aromatic carbocycles. The molecule has 1 fully saturated rings. The Kier molecular flexibility index (Phi) is 5.15. The second kappa shape index (κ2) is 7.49. The highest BCUT2D eigenvalue weighted by molar-refractivity contribution is 5.88. The van der Waals surface area contributed by atoms with Gasteiger partial charge in [0.2, 0.25) is 0 Å². The van der Waals surface area contributed by atoms with Crippen molar-refractivity contribution in [1.82, 2.24) is 14.7 Å². The van der Waals surface area contributed by atoms with Gasteiger partial charge in [-0.15, -0.1) is 0 Å². The number of rotatable bonds is 4. The van der Waals surface area contributed by atoms with E-state index in [1.165, 1.54) is 0 Å². The molecule has 2 amide bonds. The number of likely N-dealkylation sites (tertiary alicyclic amines) is 1. The molecule has 128 valence electrons. The lowest BCUT2D eigenvalue weighted by Crippen LogP contribution is -2.41. The van der Waals surface area contributed by atoms with Crippen LogP contribution < -0.4 is 5.32 Å². The van der Waals surface area contributed by atoms with E-state index in [-0.39, 0.29) is 12.6 Å². The summed E-state index contributed by atoms with van der Waals surface area (Å²) >= 11 is 0. The van der Waals surface area contributed by atoms with Crippen LogP contribution >= 0.6 is 0 Å². The molecule has 1 aromatic heterocycles. The number of hydrogen-bond acceptors (Lipinski definition) is 3. The van der Waals surface area contributed by atoms with E-state index in [1.54, 1.807) is 4.90 Å². The first-order chi connectivity index (χ1) is 11.7. The van der Waals surface area contributed by atoms with Gasteiger partial charge in [-0.2, -0.15) is 5.10 Å². The number of aliphatic hydroxyl groups is 1. The predicted molar refractivity (Wildman–Crippen MR) is 92.9 cm³/mol. The van der Waals surface area contributed by atoms with Gasteiger partial charge in [0, 0.05) is 25.8 Å². The normalized spacial score (nSPS) is 15.5. The summed E-state index contributed by atoms with van der Waals surface area (Å²) in [6, 6.07) is 11.9. The zero-order valence-electron chi connectivity index (χ0n) is 14.0. The highest BCUT2D eigenvalue weighted by Gasteiger charge is 2.23. The molecule has 2 aromatic rings. The second-order valence-corrected chi connectivity index (χ2v) is 6.36. The number of aromatic nitrogens is 2. The molecule has 0 atom stereocenters. The van der Waals surface area contributed by atoms with Crippen molar-refractivity contribution in [2.24, 2.45) is 5.92 Å². The SMILES string of the molecule is Cc1cc(NC(=O)N2CCC(CO)CC2)n(Cc2ccccc2)n1. The molecular formula is C18H24N4O2. The van der Waals surface area contributed by atoms with Gasteiger partial charge in [0.25, 0.3) is 0 Å². The van der Waals surface area contributed by atoms with Crippen molar-refractivity contribution in [3.63, 3.8) is 0 Å². The van der Waals surface area contributed by atoms with Gasteiger partial charge >= 0.3 is 6.03 Å². The number of nitrogens with one attached hydrogen (secondary N) is 1. The quantitative estimate of drug-likeness (QED) is 0.906. The number of aliphatic hydroxyl groups excluding tert-OH is 1. The van der Waals surface area contributed by atoms with Crippen LogP contribution in [0.3, 0.4) is 0 Å². The molecule has 2 N–H and O–H groups in total. The number of anilines is 1. The summed E-state index contributed by atoms with van der Waals surface area (Å²) in [7, 11) is 0. The Morgan fingerprint density at radius 1 is 1.29 bits per heavy atom. The van der Waals surface area contributed by atoms with Crippen LogP contribution in [0, 0.1) is 12.8 Å². The Balaban J connectivity index is 1.66. The number of carbonyl (C=O) groups is 1. The Hall–Kier alpha value is -2.34. The zero-order chi connectivity index (χ0) is 16.9. The molecule has 1 saturated heterocycles. The summed E-state index contributed by atoms with van der Waals surface area (Å²) in [4.78, 5) is 14.3. The number of carbonyl (C=O) groups excluding carboxylic acids is 1. The van der Waals surface area contributed by atoms with Gasteiger partial charge in [-0.1, -0.05) is 30.3 Å². The largest absolute Gasteiger partial charge is 0.396 e. The molecule has 24 heavy (non-hydrogen) atoms. The minimum atomic E-state index is -0.0967. The molecule has 6 heteroatoms. The first-order valence-electron chi connectivity index (χ1n) is 8.41. The third-order valence-electron chi connectivity index (χ3n) is 4.47. The van der Waals surface area contributed by atoms with Crippen LogP contribution in [0.15, 0.2) is 36.4 Å². The van der Waals surface area contributed by atoms with Crippen molar-refractivity contribution < 1.29 is 9.90 Å². The standard InChI is InChI=1S/C18H24N4O2/c1-14-11-17(22(20-14)12-15-5-3-2-4-6-15)19-18(24)21-9-7-16(13-23)8-10-21/h2-6,11,16,23H,7-10,12-13H2,1H3,(H,19,24). The van der Waals surface area contributed by atoms with Crippen molar-refractivity contribution in [2.45, 2.75) is 26.3 Å². The molecule has 1 aliphatic heterocycles. The fourth-order valence-corrected chi connectivity index (χ4v) is 3.03. The van der Waals surface area contributed by atoms with Crippen LogP contribution in [0.5, 0.6) is 0 Å². The molecule has 1 aliphatic rings. The minimum Gasteiger partial charge on any atom is -0.396 e. The first-order valence-corrected chi connectivity index (χ1v) is 8.41. The van der Waals surface area contributed by atoms with Gasteiger partial charge in [0.15, 0.2) is 0 Å². The van der Waals surface area contributed by atoms with Crippen molar-refractivity contribution in [1.29, 1.82) is 0 Å². The van der Waals surface area contributed by atoms with Gasteiger partial charge in [-0.25, -0.2) is 9.48 Å². The molecule has 0 bridgehead atoms. The monoisotopic (exact) mass is 328 g/mol. The summed E-state index contributed by atoms with van der Waals surface area (Å²) in [6.45, 7) is 4.12. The van der Waals surface area contributed by atoms with Crippen LogP contribution in [0.2, 0.25) is 0 Å². The Morgan fingerprint density at radius 3 is 2.67 bits per heavy atom. The first kappa shape index (κ1) is 16.5. The van der Waals surface area contributed by atoms with E-state index in [4.69, 9.17) is 0 Å². The van der Waals surface area contributed by atoms with E-state index in [2.05, 4.69) is 10.4 Å². The van der Waals surface area contributed by atoms with Crippen LogP contribution in [0.25, 0.3) is 0 Å². The molecule has 0 aliphatic carbocycles. The molecule has 0 unspecified atom stereocenters. The highest BCUT2D eigenvalue weighted by atomic mass is 16.3. The van der Waals surface area contributed by atoms with Gasteiger partial charge in [0.05, 0.1) is 12.2 Å². The average Bonchev–Trinajstić information content (AvgIpc) is 2.95. The average molecular weight is 328 g/mol. The number of piperidine rings is 1. The number of nitrogens with zero attached hydrogens (tertiary/aromatic N) is 3. The van der Waals surface area contributed by atoms with Gasteiger partial charge in [-0.3, -0.25) is 5.32 Å². The van der Waals surface area contributed by atoms with Crippen LogP contribution in [-0.2, 0) is 6.54 Å². The number of urea groups is 1. The number of aryl methyl sites for hydroxylation is 1. The maximum atomic E-state index is 12.5. The van der Waals surface area contributed by atoms with E-state index >= 15 is 0 Å². The molecule has 3 rings (SSSR count). The Labute approximate surface area is 142 Å². The summed E-state index contributed by atoms with van der Waals surface area (Å²) in [5.41, 5.74) is 2.01. The summed E-state index contributed by atoms with van der Waals surface area (Å²) in [5.74, 6) is 1.03. The lowest BCUT2D eigenvalue weighted by Gasteiger charge is -2.31. The summed E-state index contributed by atoms with van der Waals surface area (Å²) in [6.07, 6.45) is 1.71. The van der Waals surface area contributed by atoms with Crippen LogP contribution in [-0.4, -0.2) is 45.5 Å². The van der Waals surface area contributed by atoms with E-state index in [1.807, 2.05) is 48.0 Å². The zero-order valence-corrected chi connectivity index (χ0v) is 14.0. The molecule has 0 spiro atoms. The maximum Gasteiger partial charge on any atom is 0.322 e. The lowest BCUT2D eigenvalue weighted by molar-refractivity contribution is 0.143. The van der Waals surface area contributed by atoms with Crippen molar-refractivity contribution in [3.05, 3.63) is 47.7 Å². The number of hydrogen-bond donors (Lipinski definition) is 2. The van der Waals surface area contributed by atoms with E-state index in [9.17, 15) is 9.90 Å².